The SMILES string of the molecule is CCN(CC(C)(C)CN)C(C)c1nccnc1C. The summed E-state index contributed by atoms with van der Waals surface area (Å²) in [5.74, 6) is 0. The molecule has 1 heterocycles. The van der Waals surface area contributed by atoms with Gasteiger partial charge in [0.05, 0.1) is 17.4 Å². The smallest absolute Gasteiger partial charge is 0.0784 e. The summed E-state index contributed by atoms with van der Waals surface area (Å²) in [6, 6.07) is 0.273. The summed E-state index contributed by atoms with van der Waals surface area (Å²) in [5, 5.41) is 0. The van der Waals surface area contributed by atoms with Crippen LogP contribution < -0.4 is 5.73 Å². The summed E-state index contributed by atoms with van der Waals surface area (Å²) >= 11 is 0. The Morgan fingerprint density at radius 1 is 1.33 bits per heavy atom. The predicted octanol–water partition coefficient (Wildman–Crippen LogP) is 2.15. The molecular formula is C14H26N4. The first-order chi connectivity index (χ1) is 8.41. The minimum Gasteiger partial charge on any atom is -0.330 e. The number of rotatable bonds is 6. The van der Waals surface area contributed by atoms with Gasteiger partial charge in [0.15, 0.2) is 0 Å². The molecule has 0 radical (unpaired) electrons. The number of hydrogen-bond donors (Lipinski definition) is 1. The second kappa shape index (κ2) is 6.25. The molecule has 4 heteroatoms. The van der Waals surface area contributed by atoms with Crippen molar-refractivity contribution in [3.63, 3.8) is 0 Å². The van der Waals surface area contributed by atoms with Crippen molar-refractivity contribution in [2.24, 2.45) is 11.1 Å². The standard InChI is InChI=1S/C14H26N4/c1-6-18(10-14(4,5)9-15)12(3)13-11(2)16-7-8-17-13/h7-8,12H,6,9-10,15H2,1-5H3. The van der Waals surface area contributed by atoms with Crippen LogP contribution >= 0.6 is 0 Å². The molecule has 2 N–H and O–H groups in total. The maximum Gasteiger partial charge on any atom is 0.0784 e. The summed E-state index contributed by atoms with van der Waals surface area (Å²) in [6.45, 7) is 13.4. The number of hydrogen-bond acceptors (Lipinski definition) is 4. The third kappa shape index (κ3) is 3.75. The van der Waals surface area contributed by atoms with Gasteiger partial charge in [0.25, 0.3) is 0 Å². The summed E-state index contributed by atoms with van der Waals surface area (Å²) < 4.78 is 0. The van der Waals surface area contributed by atoms with Crippen LogP contribution in [0.1, 0.15) is 45.1 Å². The van der Waals surface area contributed by atoms with E-state index in [1.807, 2.05) is 6.92 Å². The predicted molar refractivity (Wildman–Crippen MR) is 75.3 cm³/mol. The van der Waals surface area contributed by atoms with E-state index in [2.05, 4.69) is 42.6 Å². The molecule has 0 saturated heterocycles. The van der Waals surface area contributed by atoms with E-state index in [9.17, 15) is 0 Å². The second-order valence-corrected chi connectivity index (χ2v) is 5.63. The molecule has 1 unspecified atom stereocenters. The molecule has 0 aliphatic rings. The van der Waals surface area contributed by atoms with Gasteiger partial charge in [-0.3, -0.25) is 14.9 Å². The summed E-state index contributed by atoms with van der Waals surface area (Å²) in [6.07, 6.45) is 3.51. The van der Waals surface area contributed by atoms with Crippen LogP contribution in [-0.4, -0.2) is 34.5 Å². The van der Waals surface area contributed by atoms with Crippen LogP contribution in [0.2, 0.25) is 0 Å². The maximum absolute atomic E-state index is 5.82. The van der Waals surface area contributed by atoms with Crippen molar-refractivity contribution in [1.29, 1.82) is 0 Å². The largest absolute Gasteiger partial charge is 0.330 e. The summed E-state index contributed by atoms with van der Waals surface area (Å²) in [7, 11) is 0. The van der Waals surface area contributed by atoms with Gasteiger partial charge >= 0.3 is 0 Å². The molecule has 0 amide bonds. The Kier molecular flexibility index (Phi) is 5.23. The third-order valence-corrected chi connectivity index (χ3v) is 3.45. The van der Waals surface area contributed by atoms with E-state index in [1.165, 1.54) is 0 Å². The molecule has 4 nitrogen and oxygen atoms in total. The highest BCUT2D eigenvalue weighted by Gasteiger charge is 2.24. The number of nitrogens with zero attached hydrogens (tertiary/aromatic N) is 3. The molecule has 0 saturated carbocycles. The van der Waals surface area contributed by atoms with Gasteiger partial charge in [0.2, 0.25) is 0 Å². The van der Waals surface area contributed by atoms with Gasteiger partial charge in [0, 0.05) is 18.9 Å². The Morgan fingerprint density at radius 2 is 1.94 bits per heavy atom. The fraction of sp³-hybridized carbons (Fsp3) is 0.714. The number of nitrogens with two attached hydrogens (primary N) is 1. The topological polar surface area (TPSA) is 55.0 Å². The molecule has 0 aliphatic carbocycles. The highest BCUT2D eigenvalue weighted by atomic mass is 15.2. The fourth-order valence-electron chi connectivity index (χ4n) is 2.14. The van der Waals surface area contributed by atoms with Gasteiger partial charge in [-0.05, 0) is 32.4 Å². The van der Waals surface area contributed by atoms with E-state index < -0.39 is 0 Å². The highest BCUT2D eigenvalue weighted by Crippen LogP contribution is 2.24. The average molecular weight is 250 g/mol. The lowest BCUT2D eigenvalue weighted by molar-refractivity contribution is 0.145. The van der Waals surface area contributed by atoms with Crippen molar-refractivity contribution >= 4 is 0 Å². The molecule has 1 aromatic heterocycles. The first-order valence-electron chi connectivity index (χ1n) is 6.63. The third-order valence-electron chi connectivity index (χ3n) is 3.45. The lowest BCUT2D eigenvalue weighted by Gasteiger charge is -2.35. The van der Waals surface area contributed by atoms with Crippen LogP contribution in [0.4, 0.5) is 0 Å². The highest BCUT2D eigenvalue weighted by molar-refractivity contribution is 5.12. The van der Waals surface area contributed by atoms with Crippen LogP contribution in [0.25, 0.3) is 0 Å². The first kappa shape index (κ1) is 15.1. The van der Waals surface area contributed by atoms with Gasteiger partial charge in [0.1, 0.15) is 0 Å². The summed E-state index contributed by atoms with van der Waals surface area (Å²) in [4.78, 5) is 11.2. The maximum atomic E-state index is 5.82. The summed E-state index contributed by atoms with van der Waals surface area (Å²) in [5.41, 5.74) is 8.02. The van der Waals surface area contributed by atoms with Crippen molar-refractivity contribution in [2.45, 2.75) is 40.7 Å². The van der Waals surface area contributed by atoms with E-state index in [0.29, 0.717) is 6.54 Å². The molecule has 0 bridgehead atoms. The fourth-order valence-corrected chi connectivity index (χ4v) is 2.14. The average Bonchev–Trinajstić information content (AvgIpc) is 2.36. The lowest BCUT2D eigenvalue weighted by Crippen LogP contribution is -2.40. The molecule has 102 valence electrons. The first-order valence-corrected chi connectivity index (χ1v) is 6.63. The van der Waals surface area contributed by atoms with E-state index in [-0.39, 0.29) is 11.5 Å². The zero-order valence-corrected chi connectivity index (χ0v) is 12.3. The van der Waals surface area contributed by atoms with Crippen LogP contribution in [0.5, 0.6) is 0 Å². The van der Waals surface area contributed by atoms with Gasteiger partial charge in [-0.15, -0.1) is 0 Å². The van der Waals surface area contributed by atoms with Gasteiger partial charge in [-0.2, -0.15) is 0 Å². The van der Waals surface area contributed by atoms with Crippen molar-refractivity contribution in [3.8, 4) is 0 Å². The van der Waals surface area contributed by atoms with Crippen molar-refractivity contribution in [1.82, 2.24) is 14.9 Å². The molecule has 1 aromatic rings. The lowest BCUT2D eigenvalue weighted by atomic mass is 9.92. The quantitative estimate of drug-likeness (QED) is 0.840. The Balaban J connectivity index is 2.86. The van der Waals surface area contributed by atoms with Crippen LogP contribution in [0.15, 0.2) is 12.4 Å². The van der Waals surface area contributed by atoms with Crippen LogP contribution in [0.3, 0.4) is 0 Å². The number of aromatic nitrogens is 2. The van der Waals surface area contributed by atoms with Gasteiger partial charge in [-0.1, -0.05) is 20.8 Å². The van der Waals surface area contributed by atoms with Gasteiger partial charge < -0.3 is 5.73 Å². The molecular weight excluding hydrogens is 224 g/mol. The van der Waals surface area contributed by atoms with E-state index in [1.54, 1.807) is 12.4 Å². The molecule has 1 atom stereocenters. The van der Waals surface area contributed by atoms with Crippen molar-refractivity contribution < 1.29 is 0 Å². The molecule has 0 spiro atoms. The second-order valence-electron chi connectivity index (χ2n) is 5.63. The molecule has 0 fully saturated rings. The normalized spacial score (nSPS) is 13.9. The molecule has 18 heavy (non-hydrogen) atoms. The minimum absolute atomic E-state index is 0.125. The zero-order chi connectivity index (χ0) is 13.8. The Morgan fingerprint density at radius 3 is 2.44 bits per heavy atom. The monoisotopic (exact) mass is 250 g/mol. The van der Waals surface area contributed by atoms with E-state index >= 15 is 0 Å². The molecule has 1 rings (SSSR count). The zero-order valence-electron chi connectivity index (χ0n) is 12.3. The molecule has 0 aromatic carbocycles. The Bertz CT molecular complexity index is 376. The van der Waals surface area contributed by atoms with Crippen LogP contribution in [0, 0.1) is 12.3 Å². The Hall–Kier alpha value is -1.00. The Labute approximate surface area is 111 Å². The van der Waals surface area contributed by atoms with E-state index in [0.717, 1.165) is 24.5 Å². The van der Waals surface area contributed by atoms with Crippen molar-refractivity contribution in [3.05, 3.63) is 23.8 Å². The number of aryl methyl sites for hydroxylation is 1. The van der Waals surface area contributed by atoms with Crippen LogP contribution in [-0.2, 0) is 0 Å². The van der Waals surface area contributed by atoms with E-state index in [4.69, 9.17) is 5.73 Å². The van der Waals surface area contributed by atoms with Crippen molar-refractivity contribution in [2.75, 3.05) is 19.6 Å². The minimum atomic E-state index is 0.125. The van der Waals surface area contributed by atoms with Gasteiger partial charge in [-0.25, -0.2) is 0 Å². The molecule has 0 aliphatic heterocycles.